The number of hydrogen-bond acceptors (Lipinski definition) is 13. The molecule has 0 saturated carbocycles. The summed E-state index contributed by atoms with van der Waals surface area (Å²) in [4.78, 5) is 39.5. The topological polar surface area (TPSA) is 187 Å². The molecule has 4 aromatic carbocycles. The van der Waals surface area contributed by atoms with Gasteiger partial charge < -0.3 is 42.9 Å². The number of carbonyl (C=O) groups excluding carboxylic acids is 2. The van der Waals surface area contributed by atoms with Gasteiger partial charge in [0, 0.05) is 29.8 Å². The van der Waals surface area contributed by atoms with Crippen molar-refractivity contribution in [3.8, 4) is 45.8 Å². The van der Waals surface area contributed by atoms with Gasteiger partial charge in [0.1, 0.15) is 47.5 Å². The highest BCUT2D eigenvalue weighted by Crippen LogP contribution is 2.39. The minimum atomic E-state index is -4.10. The van der Waals surface area contributed by atoms with Crippen molar-refractivity contribution in [1.29, 1.82) is 0 Å². The summed E-state index contributed by atoms with van der Waals surface area (Å²) in [6, 6.07) is 19.0. The number of nitrogens with one attached hydrogen (secondary N) is 2. The molecule has 56 heavy (non-hydrogen) atoms. The molecule has 0 saturated heterocycles. The number of hydrogen-bond donors (Lipinski definition) is 2. The first-order chi connectivity index (χ1) is 26.9. The Morgan fingerprint density at radius 3 is 2.09 bits per heavy atom. The van der Waals surface area contributed by atoms with Crippen molar-refractivity contribution < 1.29 is 55.6 Å². The minimum absolute atomic E-state index is 0.00348. The largest absolute Gasteiger partial charge is 0.496 e. The average molecular weight is 791 g/mol. The van der Waals surface area contributed by atoms with Crippen LogP contribution < -0.4 is 43.9 Å². The van der Waals surface area contributed by atoms with Crippen molar-refractivity contribution in [2.45, 2.75) is 24.8 Å². The normalized spacial score (nSPS) is 11.7. The summed E-state index contributed by atoms with van der Waals surface area (Å²) in [5.41, 5.74) is 1.28. The predicted molar refractivity (Wildman–Crippen MR) is 206 cm³/mol. The molecule has 5 aromatic rings. The summed E-state index contributed by atoms with van der Waals surface area (Å²) < 4.78 is 73.1. The Kier molecular flexibility index (Phi) is 13.4. The van der Waals surface area contributed by atoms with Crippen molar-refractivity contribution in [3.05, 3.63) is 100 Å². The number of rotatable bonds is 18. The Morgan fingerprint density at radius 2 is 1.45 bits per heavy atom. The first-order valence-corrected chi connectivity index (χ1v) is 18.8. The third-order valence-corrected chi connectivity index (χ3v) is 9.86. The monoisotopic (exact) mass is 790 g/mol. The second-order valence-electron chi connectivity index (χ2n) is 12.0. The fraction of sp³-hybridized carbons (Fsp3) is 0.275. The Morgan fingerprint density at radius 1 is 0.768 bits per heavy atom. The lowest BCUT2D eigenvalue weighted by Gasteiger charge is -2.18. The number of amides is 1. The molecule has 0 spiro atoms. The molecule has 0 aliphatic rings. The van der Waals surface area contributed by atoms with E-state index >= 15 is 0 Å². The van der Waals surface area contributed by atoms with Crippen LogP contribution in [0.2, 0.25) is 0 Å². The van der Waals surface area contributed by atoms with Crippen LogP contribution in [0.25, 0.3) is 22.3 Å². The molecule has 1 unspecified atom stereocenters. The third-order valence-electron chi connectivity index (χ3n) is 8.37. The van der Waals surface area contributed by atoms with E-state index in [2.05, 4.69) is 10.0 Å². The first-order valence-electron chi connectivity index (χ1n) is 17.3. The second kappa shape index (κ2) is 18.4. The van der Waals surface area contributed by atoms with Gasteiger partial charge in [0.25, 0.3) is 5.91 Å². The molecule has 2 N–H and O–H groups in total. The van der Waals surface area contributed by atoms with Crippen LogP contribution in [0.1, 0.15) is 22.8 Å². The van der Waals surface area contributed by atoms with Gasteiger partial charge in [0.2, 0.25) is 21.2 Å². The molecular weight excluding hydrogens is 749 g/mol. The average Bonchev–Trinajstić information content (AvgIpc) is 3.21. The van der Waals surface area contributed by atoms with Gasteiger partial charge in [-0.05, 0) is 68.4 Å². The number of ether oxygens (including phenoxy) is 7. The molecule has 16 heteroatoms. The van der Waals surface area contributed by atoms with Crippen LogP contribution in [-0.2, 0) is 19.6 Å². The Hall–Kier alpha value is -6.26. The lowest BCUT2D eigenvalue weighted by Crippen LogP contribution is -2.49. The summed E-state index contributed by atoms with van der Waals surface area (Å²) in [5.74, 6) is 0.552. The maximum atomic E-state index is 14.0. The molecule has 1 heterocycles. The number of fused-ring (bicyclic) bond motifs is 1. The van der Waals surface area contributed by atoms with Crippen LogP contribution >= 0.6 is 0 Å². The maximum absolute atomic E-state index is 14.0. The molecule has 5 rings (SSSR count). The van der Waals surface area contributed by atoms with E-state index < -0.39 is 33.4 Å². The molecule has 1 atom stereocenters. The quantitative estimate of drug-likeness (QED) is 0.0903. The highest BCUT2D eigenvalue weighted by atomic mass is 32.2. The number of sulfonamides is 1. The number of esters is 1. The number of methoxy groups -OCH3 is 4. The molecule has 296 valence electrons. The van der Waals surface area contributed by atoms with Crippen LogP contribution in [0.15, 0.2) is 93.0 Å². The van der Waals surface area contributed by atoms with Crippen LogP contribution in [0, 0.1) is 6.92 Å². The zero-order valence-electron chi connectivity index (χ0n) is 31.6. The standard InChI is InChI=1S/C40H42N2O13S/c1-7-52-40(45)30(42-56(46,47)29-15-8-24(2)9-16-29)23-41-39(44)25-10-13-27(14-11-25)53-18-19-54-38-36(43)35-33(51-6)21-28(48-3)22-34(35)55-37(38)26-12-17-31(49-4)32(20-26)50-5/h8-17,20-22,30,42H,7,18-19,23H2,1-6H3,(H,41,44). The van der Waals surface area contributed by atoms with Crippen LogP contribution in [0.5, 0.6) is 34.5 Å². The number of aryl methyl sites for hydroxylation is 1. The van der Waals surface area contributed by atoms with Gasteiger partial charge in [-0.25, -0.2) is 8.42 Å². The Bertz CT molecular complexity index is 2340. The van der Waals surface area contributed by atoms with Crippen LogP contribution in [-0.4, -0.2) is 81.1 Å². The van der Waals surface area contributed by atoms with Crippen molar-refractivity contribution in [1.82, 2.24) is 10.0 Å². The van der Waals surface area contributed by atoms with Crippen molar-refractivity contribution in [2.75, 3.05) is 54.8 Å². The summed E-state index contributed by atoms with van der Waals surface area (Å²) in [6.07, 6.45) is 0. The lowest BCUT2D eigenvalue weighted by molar-refractivity contribution is -0.144. The van der Waals surface area contributed by atoms with Gasteiger partial charge >= 0.3 is 5.97 Å². The maximum Gasteiger partial charge on any atom is 0.326 e. The zero-order chi connectivity index (χ0) is 40.4. The Balaban J connectivity index is 1.27. The van der Waals surface area contributed by atoms with Crippen LogP contribution in [0.4, 0.5) is 0 Å². The zero-order valence-corrected chi connectivity index (χ0v) is 32.4. The van der Waals surface area contributed by atoms with Crippen LogP contribution in [0.3, 0.4) is 0 Å². The van der Waals surface area contributed by atoms with Gasteiger partial charge in [-0.1, -0.05) is 17.7 Å². The van der Waals surface area contributed by atoms with E-state index in [1.807, 2.05) is 6.92 Å². The molecule has 15 nitrogen and oxygen atoms in total. The summed E-state index contributed by atoms with van der Waals surface area (Å²) in [6.45, 7) is 2.97. The van der Waals surface area contributed by atoms with Gasteiger partial charge in [-0.3, -0.25) is 14.4 Å². The molecule has 0 aliphatic heterocycles. The summed E-state index contributed by atoms with van der Waals surface area (Å²) in [5, 5.41) is 2.73. The highest BCUT2D eigenvalue weighted by molar-refractivity contribution is 7.89. The molecular formula is C40H42N2O13S. The minimum Gasteiger partial charge on any atom is -0.496 e. The summed E-state index contributed by atoms with van der Waals surface area (Å²) in [7, 11) is 1.81. The van der Waals surface area contributed by atoms with Gasteiger partial charge in [-0.15, -0.1) is 0 Å². The summed E-state index contributed by atoms with van der Waals surface area (Å²) >= 11 is 0. The SMILES string of the molecule is CCOC(=O)C(CNC(=O)c1ccc(OCCOc2c(-c3ccc(OC)c(OC)c3)oc3cc(OC)cc(OC)c3c2=O)cc1)NS(=O)(=O)c1ccc(C)cc1. The lowest BCUT2D eigenvalue weighted by atomic mass is 10.1. The van der Waals surface area contributed by atoms with Gasteiger partial charge in [0.05, 0.1) is 39.9 Å². The smallest absolute Gasteiger partial charge is 0.326 e. The van der Waals surface area contributed by atoms with Crippen molar-refractivity contribution in [2.24, 2.45) is 0 Å². The van der Waals surface area contributed by atoms with E-state index in [4.69, 9.17) is 37.6 Å². The highest BCUT2D eigenvalue weighted by Gasteiger charge is 2.28. The van der Waals surface area contributed by atoms with Crippen molar-refractivity contribution >= 4 is 32.9 Å². The fourth-order valence-corrected chi connectivity index (χ4v) is 6.70. The number of benzene rings is 4. The molecule has 0 radical (unpaired) electrons. The molecule has 0 fully saturated rings. The molecule has 0 aliphatic carbocycles. The van der Waals surface area contributed by atoms with E-state index in [1.165, 1.54) is 52.7 Å². The van der Waals surface area contributed by atoms with E-state index in [-0.39, 0.29) is 65.1 Å². The third kappa shape index (κ3) is 9.51. The molecule has 1 aromatic heterocycles. The predicted octanol–water partition coefficient (Wildman–Crippen LogP) is 4.90. The number of carbonyl (C=O) groups is 2. The van der Waals surface area contributed by atoms with Gasteiger partial charge in [-0.2, -0.15) is 4.72 Å². The van der Waals surface area contributed by atoms with Crippen molar-refractivity contribution in [3.63, 3.8) is 0 Å². The van der Waals surface area contributed by atoms with E-state index in [0.717, 1.165) is 5.56 Å². The Labute approximate surface area is 323 Å². The fourth-order valence-electron chi connectivity index (χ4n) is 5.51. The molecule has 0 bridgehead atoms. The first kappa shape index (κ1) is 40.9. The van der Waals surface area contributed by atoms with Gasteiger partial charge in [0.15, 0.2) is 17.3 Å². The second-order valence-corrected chi connectivity index (χ2v) is 13.7. The van der Waals surface area contributed by atoms with E-state index in [0.29, 0.717) is 28.6 Å². The van der Waals surface area contributed by atoms with E-state index in [9.17, 15) is 22.8 Å². The van der Waals surface area contributed by atoms with E-state index in [1.54, 1.807) is 61.5 Å². The molecule has 1 amide bonds.